The molecule has 10 heteroatoms. The third-order valence-electron chi connectivity index (χ3n) is 6.02. The third kappa shape index (κ3) is 5.53. The number of carbonyl (C=O) groups is 2. The third-order valence-corrected chi connectivity index (χ3v) is 6.02. The summed E-state index contributed by atoms with van der Waals surface area (Å²) < 4.78 is 5.49. The van der Waals surface area contributed by atoms with Gasteiger partial charge in [-0.25, -0.2) is 14.8 Å². The van der Waals surface area contributed by atoms with Gasteiger partial charge in [-0.15, -0.1) is 0 Å². The number of carbonyl (C=O) groups excluding carboxylic acids is 2. The van der Waals surface area contributed by atoms with Gasteiger partial charge in [-0.2, -0.15) is 0 Å². The summed E-state index contributed by atoms with van der Waals surface area (Å²) in [6, 6.07) is 11.3. The van der Waals surface area contributed by atoms with E-state index in [1.54, 1.807) is 29.6 Å². The Labute approximate surface area is 214 Å². The molecule has 4 aromatic rings. The second-order valence-corrected chi connectivity index (χ2v) is 9.85. The summed E-state index contributed by atoms with van der Waals surface area (Å²) in [5, 5.41) is 3.99. The number of rotatable bonds is 4. The van der Waals surface area contributed by atoms with E-state index in [9.17, 15) is 9.59 Å². The number of aromatic nitrogens is 4. The summed E-state index contributed by atoms with van der Waals surface area (Å²) in [4.78, 5) is 45.6. The summed E-state index contributed by atoms with van der Waals surface area (Å²) in [5.74, 6) is 0.119. The maximum Gasteiger partial charge on any atom is 0.410 e. The van der Waals surface area contributed by atoms with Crippen molar-refractivity contribution in [3.63, 3.8) is 0 Å². The van der Waals surface area contributed by atoms with Crippen LogP contribution in [0.15, 0.2) is 61.2 Å². The highest BCUT2D eigenvalue weighted by Gasteiger charge is 2.27. The largest absolute Gasteiger partial charge is 0.444 e. The molecule has 0 aliphatic carbocycles. The highest BCUT2D eigenvalue weighted by molar-refractivity contribution is 6.04. The first-order chi connectivity index (χ1) is 17.8. The molecule has 0 spiro atoms. The van der Waals surface area contributed by atoms with Gasteiger partial charge in [-0.1, -0.05) is 0 Å². The molecule has 37 heavy (non-hydrogen) atoms. The lowest BCUT2D eigenvalue weighted by Crippen LogP contribution is -2.50. The number of piperazine rings is 1. The Balaban J connectivity index is 1.29. The molecule has 1 aromatic carbocycles. The Bertz CT molecular complexity index is 1440. The molecule has 1 aliphatic heterocycles. The minimum absolute atomic E-state index is 0.253. The van der Waals surface area contributed by atoms with Gasteiger partial charge in [0.1, 0.15) is 11.3 Å². The van der Waals surface area contributed by atoms with E-state index < -0.39 is 5.60 Å². The van der Waals surface area contributed by atoms with Crippen molar-refractivity contribution in [1.82, 2.24) is 24.8 Å². The minimum atomic E-state index is -0.535. The van der Waals surface area contributed by atoms with Gasteiger partial charge in [0.25, 0.3) is 5.91 Å². The first-order valence-electron chi connectivity index (χ1n) is 12.2. The number of H-pyrrole nitrogens is 1. The summed E-state index contributed by atoms with van der Waals surface area (Å²) in [6.45, 7) is 7.81. The number of pyridine rings is 1. The Morgan fingerprint density at radius 1 is 1.03 bits per heavy atom. The van der Waals surface area contributed by atoms with Crippen molar-refractivity contribution in [2.24, 2.45) is 0 Å². The monoisotopic (exact) mass is 499 g/mol. The van der Waals surface area contributed by atoms with Crippen molar-refractivity contribution in [1.29, 1.82) is 0 Å². The van der Waals surface area contributed by atoms with E-state index in [4.69, 9.17) is 4.74 Å². The van der Waals surface area contributed by atoms with Crippen LogP contribution in [0.1, 0.15) is 31.3 Å². The van der Waals surface area contributed by atoms with Gasteiger partial charge in [0.2, 0.25) is 0 Å². The zero-order chi connectivity index (χ0) is 26.0. The zero-order valence-electron chi connectivity index (χ0n) is 21.1. The Morgan fingerprint density at radius 3 is 2.62 bits per heavy atom. The number of fused-ring (bicyclic) bond motifs is 1. The highest BCUT2D eigenvalue weighted by Crippen LogP contribution is 2.27. The predicted octanol–water partition coefficient (Wildman–Crippen LogP) is 4.33. The number of nitrogens with zero attached hydrogens (tertiary/aromatic N) is 5. The molecule has 0 unspecified atom stereocenters. The van der Waals surface area contributed by atoms with Crippen molar-refractivity contribution in [3.8, 4) is 11.4 Å². The molecule has 190 valence electrons. The Morgan fingerprint density at radius 2 is 1.84 bits per heavy atom. The minimum Gasteiger partial charge on any atom is -0.444 e. The van der Waals surface area contributed by atoms with E-state index in [1.807, 2.05) is 57.3 Å². The molecule has 1 saturated heterocycles. The van der Waals surface area contributed by atoms with Gasteiger partial charge in [-0.3, -0.25) is 9.78 Å². The van der Waals surface area contributed by atoms with Crippen molar-refractivity contribution in [2.45, 2.75) is 26.4 Å². The van der Waals surface area contributed by atoms with Gasteiger partial charge in [0, 0.05) is 61.2 Å². The number of amides is 2. The van der Waals surface area contributed by atoms with Crippen LogP contribution in [0.4, 0.5) is 16.2 Å². The molecule has 4 heterocycles. The van der Waals surface area contributed by atoms with Crippen LogP contribution in [0, 0.1) is 0 Å². The first-order valence-corrected chi connectivity index (χ1v) is 12.2. The fraction of sp³-hybridized carbons (Fsp3) is 0.296. The van der Waals surface area contributed by atoms with Gasteiger partial charge < -0.3 is 24.8 Å². The predicted molar refractivity (Wildman–Crippen MR) is 142 cm³/mol. The number of nitrogens with one attached hydrogen (secondary N) is 2. The standard InChI is InChI=1S/C27H29N7O3/c1-27(2,3)37-26(36)34-14-12-33(13-15-34)23-8-9-28-17-22(23)32-25(35)21-7-11-30-24(31-21)19-4-5-20-18(16-19)6-10-29-20/h4-11,16-17,29H,12-15H2,1-3H3,(H,32,35). The van der Waals surface area contributed by atoms with Crippen molar-refractivity contribution in [3.05, 3.63) is 66.9 Å². The summed E-state index contributed by atoms with van der Waals surface area (Å²) in [7, 11) is 0. The molecule has 10 nitrogen and oxygen atoms in total. The molecule has 1 aliphatic rings. The molecule has 0 radical (unpaired) electrons. The van der Waals surface area contributed by atoms with E-state index in [-0.39, 0.29) is 17.7 Å². The Hall–Kier alpha value is -4.47. The lowest BCUT2D eigenvalue weighted by Gasteiger charge is -2.37. The van der Waals surface area contributed by atoms with E-state index in [1.165, 1.54) is 0 Å². The maximum atomic E-state index is 13.2. The second-order valence-electron chi connectivity index (χ2n) is 9.85. The molecule has 5 rings (SSSR count). The normalized spacial score (nSPS) is 14.0. The van der Waals surface area contributed by atoms with Gasteiger partial charge in [0.15, 0.2) is 5.82 Å². The first kappa shape index (κ1) is 24.2. The van der Waals surface area contributed by atoms with Crippen LogP contribution in [0.25, 0.3) is 22.3 Å². The Kier molecular flexibility index (Phi) is 6.47. The fourth-order valence-electron chi connectivity index (χ4n) is 4.22. The summed E-state index contributed by atoms with van der Waals surface area (Å²) >= 11 is 0. The lowest BCUT2D eigenvalue weighted by molar-refractivity contribution is 0.0240. The number of hydrogen-bond donors (Lipinski definition) is 2. The smallest absolute Gasteiger partial charge is 0.410 e. The van der Waals surface area contributed by atoms with E-state index >= 15 is 0 Å². The van der Waals surface area contributed by atoms with Crippen LogP contribution in [0.5, 0.6) is 0 Å². The summed E-state index contributed by atoms with van der Waals surface area (Å²) in [5.41, 5.74) is 2.97. The highest BCUT2D eigenvalue weighted by atomic mass is 16.6. The van der Waals surface area contributed by atoms with Crippen LogP contribution >= 0.6 is 0 Å². The molecule has 0 atom stereocenters. The number of anilines is 2. The van der Waals surface area contributed by atoms with Gasteiger partial charge in [-0.05, 0) is 57.2 Å². The SMILES string of the molecule is CC(C)(C)OC(=O)N1CCN(c2ccncc2NC(=O)c2ccnc(-c3ccc4[nH]ccc4c3)n2)CC1. The molecule has 0 saturated carbocycles. The van der Waals surface area contributed by atoms with Crippen LogP contribution in [-0.4, -0.2) is 68.6 Å². The number of aromatic amines is 1. The molecule has 0 bridgehead atoms. The quantitative estimate of drug-likeness (QED) is 0.429. The van der Waals surface area contributed by atoms with Gasteiger partial charge >= 0.3 is 6.09 Å². The maximum absolute atomic E-state index is 13.2. The topological polar surface area (TPSA) is 116 Å². The molecule has 1 fully saturated rings. The molecular weight excluding hydrogens is 470 g/mol. The van der Waals surface area contributed by atoms with Crippen LogP contribution in [-0.2, 0) is 4.74 Å². The molecule has 3 aromatic heterocycles. The van der Waals surface area contributed by atoms with Crippen LogP contribution < -0.4 is 10.2 Å². The summed E-state index contributed by atoms with van der Waals surface area (Å²) in [6.07, 6.45) is 6.45. The van der Waals surface area contributed by atoms with E-state index in [2.05, 4.69) is 30.2 Å². The van der Waals surface area contributed by atoms with Crippen molar-refractivity contribution in [2.75, 3.05) is 36.4 Å². The lowest BCUT2D eigenvalue weighted by atomic mass is 10.1. The molecule has 2 N–H and O–H groups in total. The molecular formula is C27H29N7O3. The number of ether oxygens (including phenoxy) is 1. The van der Waals surface area contributed by atoms with E-state index in [0.29, 0.717) is 37.7 Å². The van der Waals surface area contributed by atoms with Gasteiger partial charge in [0.05, 0.1) is 17.6 Å². The average Bonchev–Trinajstić information content (AvgIpc) is 3.36. The number of benzene rings is 1. The van der Waals surface area contributed by atoms with Crippen LogP contribution in [0.2, 0.25) is 0 Å². The fourth-order valence-corrected chi connectivity index (χ4v) is 4.22. The number of hydrogen-bond acceptors (Lipinski definition) is 7. The zero-order valence-corrected chi connectivity index (χ0v) is 21.1. The van der Waals surface area contributed by atoms with Crippen molar-refractivity contribution < 1.29 is 14.3 Å². The second kappa shape index (κ2) is 9.88. The van der Waals surface area contributed by atoms with Crippen LogP contribution in [0.3, 0.4) is 0 Å². The van der Waals surface area contributed by atoms with Crippen molar-refractivity contribution >= 4 is 34.3 Å². The molecule has 2 amide bonds. The average molecular weight is 500 g/mol. The van der Waals surface area contributed by atoms with E-state index in [0.717, 1.165) is 22.2 Å².